The molecule has 3 heterocycles. The number of fused-ring (bicyclic) bond motifs is 2. The largest absolute Gasteiger partial charge is 0.463 e. The monoisotopic (exact) mass is 649 g/mol. The number of carbonyl (C=O) groups is 2. The van der Waals surface area contributed by atoms with Gasteiger partial charge in [0, 0.05) is 16.1 Å². The van der Waals surface area contributed by atoms with Crippen molar-refractivity contribution in [3.8, 4) is 0 Å². The molecule has 5 aromatic rings. The van der Waals surface area contributed by atoms with Crippen LogP contribution in [-0.4, -0.2) is 23.1 Å². The van der Waals surface area contributed by atoms with Crippen LogP contribution in [0.25, 0.3) is 11.3 Å². The summed E-state index contributed by atoms with van der Waals surface area (Å²) < 4.78 is 21.2. The number of benzene rings is 4. The van der Waals surface area contributed by atoms with Crippen molar-refractivity contribution in [3.05, 3.63) is 161 Å². The lowest BCUT2D eigenvalue weighted by Gasteiger charge is -2.25. The molecule has 0 aliphatic carbocycles. The number of anilines is 1. The zero-order valence-electron chi connectivity index (χ0n) is 24.4. The second-order valence-electron chi connectivity index (χ2n) is 10.7. The van der Waals surface area contributed by atoms with Crippen LogP contribution in [0.1, 0.15) is 35.2 Å². The van der Waals surface area contributed by atoms with Crippen LogP contribution >= 0.6 is 22.9 Å². The first kappa shape index (κ1) is 29.6. The van der Waals surface area contributed by atoms with Crippen LogP contribution < -0.4 is 19.8 Å². The molecular formula is C36H25ClFN3O4S. The van der Waals surface area contributed by atoms with Crippen molar-refractivity contribution in [3.63, 3.8) is 0 Å². The Morgan fingerprint density at radius 1 is 0.935 bits per heavy atom. The third-order valence-electron chi connectivity index (χ3n) is 7.97. The Bertz CT molecular complexity index is 2240. The molecule has 0 fully saturated rings. The molecule has 7 nitrogen and oxygen atoms in total. The van der Waals surface area contributed by atoms with Gasteiger partial charge in [-0.25, -0.2) is 14.2 Å². The van der Waals surface area contributed by atoms with Gasteiger partial charge in [0.05, 0.1) is 41.7 Å². The number of hydrogen-bond acceptors (Lipinski definition) is 6. The molecular weight excluding hydrogens is 625 g/mol. The summed E-state index contributed by atoms with van der Waals surface area (Å²) in [6, 6.07) is 28.4. The number of nitrogens with zero attached hydrogens (tertiary/aromatic N) is 3. The summed E-state index contributed by atoms with van der Waals surface area (Å²) in [4.78, 5) is 49.2. The van der Waals surface area contributed by atoms with Gasteiger partial charge in [0.25, 0.3) is 11.5 Å². The van der Waals surface area contributed by atoms with Gasteiger partial charge in [-0.3, -0.25) is 14.2 Å². The minimum Gasteiger partial charge on any atom is -0.463 e. The van der Waals surface area contributed by atoms with Gasteiger partial charge in [0.1, 0.15) is 10.3 Å². The van der Waals surface area contributed by atoms with E-state index in [2.05, 4.69) is 0 Å². The van der Waals surface area contributed by atoms with Crippen molar-refractivity contribution in [2.45, 2.75) is 19.5 Å². The van der Waals surface area contributed by atoms with Gasteiger partial charge in [-0.05, 0) is 42.3 Å². The van der Waals surface area contributed by atoms with Crippen molar-refractivity contribution >= 4 is 51.8 Å². The number of ether oxygens (including phenoxy) is 1. The van der Waals surface area contributed by atoms with Gasteiger partial charge in [-0.2, -0.15) is 0 Å². The van der Waals surface area contributed by atoms with Gasteiger partial charge >= 0.3 is 5.97 Å². The van der Waals surface area contributed by atoms with Crippen LogP contribution in [0.5, 0.6) is 0 Å². The topological polar surface area (TPSA) is 81.0 Å². The summed E-state index contributed by atoms with van der Waals surface area (Å²) in [5, 5.41) is 0.528. The van der Waals surface area contributed by atoms with E-state index in [4.69, 9.17) is 21.3 Å². The molecule has 10 heteroatoms. The molecule has 0 spiro atoms. The predicted octanol–water partition coefficient (Wildman–Crippen LogP) is 5.65. The fourth-order valence-corrected chi connectivity index (χ4v) is 7.19. The van der Waals surface area contributed by atoms with Crippen LogP contribution in [0.2, 0.25) is 5.02 Å². The fraction of sp³-hybridized carbons (Fsp3) is 0.111. The summed E-state index contributed by atoms with van der Waals surface area (Å²) >= 11 is 7.54. The van der Waals surface area contributed by atoms with E-state index in [-0.39, 0.29) is 34.7 Å². The summed E-state index contributed by atoms with van der Waals surface area (Å²) in [6.07, 6.45) is 0. The van der Waals surface area contributed by atoms with Crippen molar-refractivity contribution in [2.24, 2.45) is 4.99 Å². The van der Waals surface area contributed by atoms with Gasteiger partial charge in [0.15, 0.2) is 4.80 Å². The second-order valence-corrected chi connectivity index (χ2v) is 12.1. The zero-order chi connectivity index (χ0) is 31.9. The van der Waals surface area contributed by atoms with E-state index in [9.17, 15) is 18.8 Å². The zero-order valence-corrected chi connectivity index (χ0v) is 26.0. The first-order valence-corrected chi connectivity index (χ1v) is 15.8. The third kappa shape index (κ3) is 4.98. The molecule has 0 N–H and O–H groups in total. The average Bonchev–Trinajstić information content (AvgIpc) is 3.54. The van der Waals surface area contributed by atoms with Gasteiger partial charge in [-0.15, -0.1) is 0 Å². The smallest absolute Gasteiger partial charge is 0.338 e. The molecule has 2 aliphatic rings. The maximum atomic E-state index is 14.5. The molecule has 1 aromatic heterocycles. The first-order valence-electron chi connectivity index (χ1n) is 14.6. The lowest BCUT2D eigenvalue weighted by molar-refractivity contribution is -0.138. The Labute approximate surface area is 271 Å². The minimum atomic E-state index is -0.994. The lowest BCUT2D eigenvalue weighted by atomic mass is 9.93. The van der Waals surface area contributed by atoms with Crippen LogP contribution in [0.3, 0.4) is 0 Å². The standard InChI is InChI=1S/C36H25ClFN3O4S/c1-2-45-35(44)29-30(21-10-4-3-5-11-21)39-36-41(31(29)22-16-18-24(38)19-17-22)34(43)32(46-36)28-25-13-7-9-15-27(25)40(33(28)42)20-23-12-6-8-14-26(23)37/h3-19,31H,2,20H2,1H3/b32-28-/t31-/m1/s1. The number of hydrogen-bond donors (Lipinski definition) is 0. The molecule has 46 heavy (non-hydrogen) atoms. The summed E-state index contributed by atoms with van der Waals surface area (Å²) in [5.41, 5.74) is 3.38. The van der Waals surface area contributed by atoms with E-state index in [1.807, 2.05) is 72.8 Å². The maximum Gasteiger partial charge on any atom is 0.338 e. The van der Waals surface area contributed by atoms with Crippen LogP contribution in [0.4, 0.5) is 10.1 Å². The van der Waals surface area contributed by atoms with E-state index in [1.165, 1.54) is 28.8 Å². The van der Waals surface area contributed by atoms with E-state index < -0.39 is 23.4 Å². The summed E-state index contributed by atoms with van der Waals surface area (Å²) in [5.74, 6) is -1.46. The maximum absolute atomic E-state index is 14.5. The van der Waals surface area contributed by atoms with E-state index >= 15 is 0 Å². The number of amides is 1. The Morgan fingerprint density at radius 2 is 1.63 bits per heavy atom. The molecule has 0 radical (unpaired) electrons. The Morgan fingerprint density at radius 3 is 2.37 bits per heavy atom. The highest BCUT2D eigenvalue weighted by Crippen LogP contribution is 2.38. The van der Waals surface area contributed by atoms with Gasteiger partial charge in [0.2, 0.25) is 0 Å². The number of para-hydroxylation sites is 1. The minimum absolute atomic E-state index is 0.0989. The third-order valence-corrected chi connectivity index (χ3v) is 9.39. The van der Waals surface area contributed by atoms with Gasteiger partial charge in [-0.1, -0.05) is 102 Å². The van der Waals surface area contributed by atoms with Gasteiger partial charge < -0.3 is 9.64 Å². The van der Waals surface area contributed by atoms with Crippen molar-refractivity contribution < 1.29 is 18.7 Å². The molecule has 0 unspecified atom stereocenters. The van der Waals surface area contributed by atoms with Crippen molar-refractivity contribution in [1.29, 1.82) is 0 Å². The van der Waals surface area contributed by atoms with Crippen LogP contribution in [-0.2, 0) is 20.9 Å². The first-order chi connectivity index (χ1) is 22.4. The number of halogens is 2. The summed E-state index contributed by atoms with van der Waals surface area (Å²) in [7, 11) is 0. The van der Waals surface area contributed by atoms with E-state index in [0.717, 1.165) is 16.9 Å². The van der Waals surface area contributed by atoms with Crippen molar-refractivity contribution in [2.75, 3.05) is 11.5 Å². The predicted molar refractivity (Wildman–Crippen MR) is 175 cm³/mol. The Balaban J connectivity index is 1.50. The molecule has 0 bridgehead atoms. The van der Waals surface area contributed by atoms with E-state index in [1.54, 1.807) is 17.9 Å². The molecule has 0 saturated carbocycles. The average molecular weight is 650 g/mol. The Kier molecular flexibility index (Phi) is 7.72. The second kappa shape index (κ2) is 12.0. The normalized spacial score (nSPS) is 16.6. The molecule has 2 aliphatic heterocycles. The highest BCUT2D eigenvalue weighted by Gasteiger charge is 2.38. The Hall–Kier alpha value is -5.12. The van der Waals surface area contributed by atoms with Crippen LogP contribution in [0, 0.1) is 5.82 Å². The highest BCUT2D eigenvalue weighted by molar-refractivity contribution is 7.07. The fourth-order valence-electron chi connectivity index (χ4n) is 5.90. The number of thiazole rings is 1. The highest BCUT2D eigenvalue weighted by atomic mass is 35.5. The molecule has 7 rings (SSSR count). The number of aromatic nitrogens is 1. The quantitative estimate of drug-likeness (QED) is 0.223. The molecule has 228 valence electrons. The van der Waals surface area contributed by atoms with Crippen molar-refractivity contribution in [1.82, 2.24) is 4.57 Å². The number of rotatable bonds is 6. The molecule has 1 atom stereocenters. The number of carbonyl (C=O) groups excluding carboxylic acids is 2. The summed E-state index contributed by atoms with van der Waals surface area (Å²) in [6.45, 7) is 2.00. The SMILES string of the molecule is CCOC(=O)C1=C(c2ccccc2)N=c2s/c(=C3\C(=O)N(Cc4ccccc4Cl)c4ccccc43)c(=O)n2[C@@H]1c1ccc(F)cc1. The molecule has 0 saturated heterocycles. The van der Waals surface area contributed by atoms with E-state index in [0.29, 0.717) is 37.9 Å². The lowest BCUT2D eigenvalue weighted by Crippen LogP contribution is -2.41. The van der Waals surface area contributed by atoms with Crippen LogP contribution in [0.15, 0.2) is 118 Å². The molecule has 4 aromatic carbocycles. The number of esters is 1. The molecule has 1 amide bonds.